The second-order valence-corrected chi connectivity index (χ2v) is 5.19. The molecule has 9 heteroatoms. The van der Waals surface area contributed by atoms with Crippen LogP contribution < -0.4 is 4.74 Å². The quantitative estimate of drug-likeness (QED) is 0.481. The molecule has 0 spiro atoms. The molecular formula is C13H11N2O6S-. The molecule has 0 unspecified atom stereocenters. The molecule has 2 aromatic rings. The highest BCUT2D eigenvalue weighted by Crippen LogP contribution is 2.26. The third kappa shape index (κ3) is 3.09. The van der Waals surface area contributed by atoms with Crippen molar-refractivity contribution in [2.45, 2.75) is 6.42 Å². The smallest absolute Gasteiger partial charge is 0.269 e. The molecule has 1 heterocycles. The van der Waals surface area contributed by atoms with Crippen LogP contribution in [0.15, 0.2) is 36.5 Å². The van der Waals surface area contributed by atoms with Gasteiger partial charge in [0, 0.05) is 24.1 Å². The average Bonchev–Trinajstić information content (AvgIpc) is 2.46. The number of nitrogens with zero attached hydrogens (tertiary/aromatic N) is 2. The number of benzene rings is 1. The van der Waals surface area contributed by atoms with E-state index in [4.69, 9.17) is 4.74 Å². The molecule has 0 N–H and O–H groups in total. The minimum Gasteiger partial charge on any atom is -0.805 e. The van der Waals surface area contributed by atoms with Crippen molar-refractivity contribution in [3.8, 4) is 5.75 Å². The van der Waals surface area contributed by atoms with Crippen LogP contribution in [0.5, 0.6) is 5.75 Å². The molecule has 0 fully saturated rings. The number of hydrogen-bond acceptors (Lipinski definition) is 6. The fraction of sp³-hybridized carbons (Fsp3) is 0.154. The summed E-state index contributed by atoms with van der Waals surface area (Å²) in [5.74, 6) is 0.370. The van der Waals surface area contributed by atoms with Gasteiger partial charge in [0.05, 0.1) is 12.0 Å². The van der Waals surface area contributed by atoms with Gasteiger partial charge in [-0.25, -0.2) is 0 Å². The molecule has 0 radical (unpaired) electrons. The van der Waals surface area contributed by atoms with Crippen LogP contribution in [-0.2, 0) is 16.7 Å². The number of nitro groups is 1. The van der Waals surface area contributed by atoms with E-state index in [1.54, 1.807) is 0 Å². The van der Waals surface area contributed by atoms with Crippen molar-refractivity contribution in [3.63, 3.8) is 0 Å². The first kappa shape index (κ1) is 15.6. The van der Waals surface area contributed by atoms with Gasteiger partial charge in [0.25, 0.3) is 5.69 Å². The van der Waals surface area contributed by atoms with E-state index in [9.17, 15) is 23.7 Å². The molecule has 0 atom stereocenters. The van der Waals surface area contributed by atoms with Crippen molar-refractivity contribution in [2.75, 3.05) is 7.11 Å². The molecule has 1 aromatic carbocycles. The molecule has 8 nitrogen and oxygen atoms in total. The second kappa shape index (κ2) is 6.31. The Morgan fingerprint density at radius 1 is 1.27 bits per heavy atom. The molecule has 116 valence electrons. The van der Waals surface area contributed by atoms with Crippen molar-refractivity contribution < 1.29 is 18.1 Å². The van der Waals surface area contributed by atoms with Crippen LogP contribution in [0.25, 0.3) is 0 Å². The zero-order valence-corrected chi connectivity index (χ0v) is 12.2. The monoisotopic (exact) mass is 323 g/mol. The van der Waals surface area contributed by atoms with Crippen LogP contribution in [0.1, 0.15) is 11.1 Å². The van der Waals surface area contributed by atoms with E-state index in [0.717, 1.165) is 6.20 Å². The van der Waals surface area contributed by atoms with Gasteiger partial charge in [-0.2, -0.15) is 8.42 Å². The molecule has 0 bridgehead atoms. The van der Waals surface area contributed by atoms with Gasteiger partial charge in [0.1, 0.15) is 5.75 Å². The lowest BCUT2D eigenvalue weighted by Gasteiger charge is -2.13. The van der Waals surface area contributed by atoms with Gasteiger partial charge in [0.2, 0.25) is 10.3 Å². The number of methoxy groups -OCH3 is 1. The fourth-order valence-electron chi connectivity index (χ4n) is 2.05. The first-order valence-electron chi connectivity index (χ1n) is 6.05. The highest BCUT2D eigenvalue weighted by molar-refractivity contribution is 7.63. The summed E-state index contributed by atoms with van der Waals surface area (Å²) < 4.78 is 27.3. The van der Waals surface area contributed by atoms with Crippen molar-refractivity contribution in [1.82, 2.24) is 4.73 Å². The van der Waals surface area contributed by atoms with Crippen LogP contribution >= 0.6 is 0 Å². The number of pyridine rings is 1. The van der Waals surface area contributed by atoms with Crippen molar-refractivity contribution in [1.29, 1.82) is 0 Å². The molecule has 0 aliphatic rings. The van der Waals surface area contributed by atoms with Crippen LogP contribution in [0.3, 0.4) is 0 Å². The number of nitro benzene ring substituents is 1. The SMILES string of the molecule is COc1ccc([N+](=O)[O-])cc1Cc1cccn([O-])c1=S(=O)=O. The number of non-ortho nitro benzene ring substituents is 1. The minimum atomic E-state index is -2.72. The van der Waals surface area contributed by atoms with E-state index in [0.29, 0.717) is 11.3 Å². The number of hydrogen-bond donors (Lipinski definition) is 0. The van der Waals surface area contributed by atoms with Gasteiger partial charge in [-0.05, 0) is 23.9 Å². The Hall–Kier alpha value is -2.81. The maximum absolute atomic E-state index is 11.6. The van der Waals surface area contributed by atoms with Crippen LogP contribution in [0.4, 0.5) is 5.69 Å². The van der Waals surface area contributed by atoms with Crippen molar-refractivity contribution >= 4 is 16.0 Å². The Kier molecular flexibility index (Phi) is 4.47. The molecule has 0 aliphatic carbocycles. The predicted octanol–water partition coefficient (Wildman–Crippen LogP) is 1.75. The minimum absolute atomic E-state index is 0.0112. The van der Waals surface area contributed by atoms with E-state index in [1.165, 1.54) is 37.4 Å². The van der Waals surface area contributed by atoms with Gasteiger partial charge in [0.15, 0.2) is 4.64 Å². The van der Waals surface area contributed by atoms with Gasteiger partial charge < -0.3 is 14.7 Å². The standard InChI is InChI=1S/C13H11N2O6S/c1-21-12-5-4-11(15(17)18)8-10(12)7-9-3-2-6-14(16)13(9)22(19)20/h2-6,8H,7H2,1H3/q-1. The van der Waals surface area contributed by atoms with E-state index >= 15 is 0 Å². The van der Waals surface area contributed by atoms with Gasteiger partial charge >= 0.3 is 0 Å². The lowest BCUT2D eigenvalue weighted by molar-refractivity contribution is -0.384. The summed E-state index contributed by atoms with van der Waals surface area (Å²) in [6.45, 7) is 0. The molecule has 22 heavy (non-hydrogen) atoms. The summed E-state index contributed by atoms with van der Waals surface area (Å²) in [6.07, 6.45) is 1.08. The fourth-order valence-corrected chi connectivity index (χ4v) is 2.62. The normalized spacial score (nSPS) is 10.2. The topological polar surface area (TPSA) is 114 Å². The highest BCUT2D eigenvalue weighted by atomic mass is 32.2. The summed E-state index contributed by atoms with van der Waals surface area (Å²) in [7, 11) is -1.32. The maximum Gasteiger partial charge on any atom is 0.269 e. The summed E-state index contributed by atoms with van der Waals surface area (Å²) in [5, 5.41) is 22.4. The van der Waals surface area contributed by atoms with E-state index in [1.807, 2.05) is 0 Å². The van der Waals surface area contributed by atoms with Crippen molar-refractivity contribution in [2.24, 2.45) is 0 Å². The number of ether oxygens (including phenoxy) is 1. The summed E-state index contributed by atoms with van der Waals surface area (Å²) in [5.41, 5.74) is 0.491. The molecule has 1 aromatic heterocycles. The molecule has 0 amide bonds. The highest BCUT2D eigenvalue weighted by Gasteiger charge is 2.13. The first-order valence-corrected chi connectivity index (χ1v) is 7.13. The van der Waals surface area contributed by atoms with Crippen LogP contribution in [-0.4, -0.2) is 25.2 Å². The zero-order valence-electron chi connectivity index (χ0n) is 11.4. The summed E-state index contributed by atoms with van der Waals surface area (Å²) in [4.78, 5) is 10.3. The van der Waals surface area contributed by atoms with E-state index in [-0.39, 0.29) is 22.4 Å². The molecule has 0 saturated carbocycles. The van der Waals surface area contributed by atoms with Crippen LogP contribution in [0, 0.1) is 20.0 Å². The first-order chi connectivity index (χ1) is 10.4. The number of rotatable bonds is 4. The second-order valence-electron chi connectivity index (χ2n) is 4.33. The van der Waals surface area contributed by atoms with Gasteiger partial charge in [-0.1, -0.05) is 6.07 Å². The summed E-state index contributed by atoms with van der Waals surface area (Å²) in [6, 6.07) is 6.88. The molecular weight excluding hydrogens is 312 g/mol. The van der Waals surface area contributed by atoms with E-state index < -0.39 is 19.9 Å². The predicted molar refractivity (Wildman–Crippen MR) is 77.8 cm³/mol. The third-order valence-electron chi connectivity index (χ3n) is 3.01. The zero-order chi connectivity index (χ0) is 16.3. The number of aromatic nitrogens is 1. The largest absolute Gasteiger partial charge is 0.805 e. The lowest BCUT2D eigenvalue weighted by Crippen LogP contribution is -2.01. The molecule has 0 saturated heterocycles. The maximum atomic E-state index is 11.6. The average molecular weight is 323 g/mol. The van der Waals surface area contributed by atoms with Crippen LogP contribution in [0.2, 0.25) is 0 Å². The molecule has 0 aliphatic heterocycles. The Balaban J connectivity index is 2.62. The van der Waals surface area contributed by atoms with E-state index in [2.05, 4.69) is 0 Å². The Labute approximate surface area is 126 Å². The van der Waals surface area contributed by atoms with Crippen molar-refractivity contribution in [3.05, 3.63) is 67.6 Å². The summed E-state index contributed by atoms with van der Waals surface area (Å²) >= 11 is 0. The third-order valence-corrected chi connectivity index (χ3v) is 3.77. The Morgan fingerprint density at radius 2 is 2.00 bits per heavy atom. The molecule has 2 rings (SSSR count). The van der Waals surface area contributed by atoms with Gasteiger partial charge in [-0.3, -0.25) is 10.1 Å². The lowest BCUT2D eigenvalue weighted by atomic mass is 10.0. The van der Waals surface area contributed by atoms with Gasteiger partial charge in [-0.15, -0.1) is 0 Å². The Bertz CT molecular complexity index is 893. The Morgan fingerprint density at radius 3 is 2.59 bits per heavy atom.